The minimum Gasteiger partial charge on any atom is -0.329 e. The number of carbonyl (C=O) groups excluding carboxylic acids is 1. The molecule has 0 fully saturated rings. The lowest BCUT2D eigenvalue weighted by atomic mass is 9.81. The smallest absolute Gasteiger partial charge is 0.231 e. The molecule has 1 aromatic heterocycles. The zero-order valence-corrected chi connectivity index (χ0v) is 12.5. The Morgan fingerprint density at radius 1 is 1.33 bits per heavy atom. The van der Waals surface area contributed by atoms with Gasteiger partial charge in [0.15, 0.2) is 0 Å². The first-order chi connectivity index (χ1) is 10.1. The van der Waals surface area contributed by atoms with Crippen molar-refractivity contribution in [1.82, 2.24) is 10.2 Å². The van der Waals surface area contributed by atoms with Crippen molar-refractivity contribution in [2.75, 3.05) is 11.9 Å². The number of hydrogen-bond donors (Lipinski definition) is 3. The van der Waals surface area contributed by atoms with E-state index >= 15 is 0 Å². The van der Waals surface area contributed by atoms with Crippen LogP contribution in [0.2, 0.25) is 0 Å². The Labute approximate surface area is 124 Å². The first kappa shape index (κ1) is 15.3. The molecule has 0 aliphatic rings. The molecule has 1 aromatic carbocycles. The van der Waals surface area contributed by atoms with Gasteiger partial charge < -0.3 is 11.1 Å². The van der Waals surface area contributed by atoms with Gasteiger partial charge in [0, 0.05) is 24.0 Å². The Balaban J connectivity index is 2.20. The molecular formula is C16H22N4O. The van der Waals surface area contributed by atoms with Gasteiger partial charge in [-0.25, -0.2) is 0 Å². The van der Waals surface area contributed by atoms with Crippen LogP contribution in [-0.4, -0.2) is 22.6 Å². The fraction of sp³-hybridized carbons (Fsp3) is 0.375. The van der Waals surface area contributed by atoms with Crippen LogP contribution < -0.4 is 11.1 Å². The van der Waals surface area contributed by atoms with E-state index in [4.69, 9.17) is 5.73 Å². The fourth-order valence-electron chi connectivity index (χ4n) is 2.40. The molecule has 1 heterocycles. The third-order valence-electron chi connectivity index (χ3n) is 4.16. The van der Waals surface area contributed by atoms with Gasteiger partial charge >= 0.3 is 0 Å². The Bertz CT molecular complexity index is 580. The Morgan fingerprint density at radius 3 is 2.67 bits per heavy atom. The number of benzene rings is 1. The van der Waals surface area contributed by atoms with Crippen LogP contribution in [0.15, 0.2) is 36.5 Å². The number of aromatic amines is 1. The second-order valence-corrected chi connectivity index (χ2v) is 5.20. The van der Waals surface area contributed by atoms with Crippen molar-refractivity contribution < 1.29 is 4.79 Å². The van der Waals surface area contributed by atoms with Crippen LogP contribution in [0, 0.1) is 5.41 Å². The average molecular weight is 286 g/mol. The summed E-state index contributed by atoms with van der Waals surface area (Å²) in [4.78, 5) is 12.5. The summed E-state index contributed by atoms with van der Waals surface area (Å²) in [5.74, 6) is -0.0169. The lowest BCUT2D eigenvalue weighted by Crippen LogP contribution is -2.41. The zero-order valence-electron chi connectivity index (χ0n) is 12.5. The summed E-state index contributed by atoms with van der Waals surface area (Å²) in [6.45, 7) is 4.35. The van der Waals surface area contributed by atoms with Gasteiger partial charge in [0.05, 0.1) is 11.1 Å². The summed E-state index contributed by atoms with van der Waals surface area (Å²) < 4.78 is 0. The van der Waals surface area contributed by atoms with Crippen LogP contribution in [0.3, 0.4) is 0 Å². The van der Waals surface area contributed by atoms with E-state index in [1.807, 2.05) is 44.2 Å². The van der Waals surface area contributed by atoms with Crippen molar-refractivity contribution in [3.05, 3.63) is 36.5 Å². The number of nitrogens with two attached hydrogens (primary N) is 1. The molecule has 0 radical (unpaired) electrons. The summed E-state index contributed by atoms with van der Waals surface area (Å²) in [6, 6.07) is 9.58. The van der Waals surface area contributed by atoms with Crippen LogP contribution in [0.25, 0.3) is 11.3 Å². The molecule has 2 rings (SSSR count). The maximum atomic E-state index is 12.5. The largest absolute Gasteiger partial charge is 0.329 e. The standard InChI is InChI=1S/C16H22N4O/c1-3-16(4-2,11-17)15(21)19-13-7-5-6-12(10-13)14-8-9-18-20-14/h5-10H,3-4,11,17H2,1-2H3,(H,18,20)(H,19,21). The van der Waals surface area contributed by atoms with Crippen molar-refractivity contribution in [2.24, 2.45) is 11.1 Å². The lowest BCUT2D eigenvalue weighted by molar-refractivity contribution is -0.125. The number of nitrogens with one attached hydrogen (secondary N) is 2. The highest BCUT2D eigenvalue weighted by atomic mass is 16.2. The molecular weight excluding hydrogens is 264 g/mol. The Hall–Kier alpha value is -2.14. The minimum absolute atomic E-state index is 0.0169. The van der Waals surface area contributed by atoms with Crippen LogP contribution in [-0.2, 0) is 4.79 Å². The van der Waals surface area contributed by atoms with Crippen molar-refractivity contribution in [2.45, 2.75) is 26.7 Å². The van der Waals surface area contributed by atoms with Crippen molar-refractivity contribution in [3.8, 4) is 11.3 Å². The highest BCUT2D eigenvalue weighted by Gasteiger charge is 2.33. The Kier molecular flexibility index (Phi) is 4.75. The van der Waals surface area contributed by atoms with Gasteiger partial charge in [-0.2, -0.15) is 5.10 Å². The van der Waals surface area contributed by atoms with E-state index < -0.39 is 5.41 Å². The first-order valence-corrected chi connectivity index (χ1v) is 7.26. The zero-order chi connectivity index (χ0) is 15.3. The molecule has 5 heteroatoms. The number of amides is 1. The van der Waals surface area contributed by atoms with E-state index in [1.54, 1.807) is 6.20 Å². The number of aromatic nitrogens is 2. The van der Waals surface area contributed by atoms with Crippen LogP contribution in [0.4, 0.5) is 5.69 Å². The fourth-order valence-corrected chi connectivity index (χ4v) is 2.40. The molecule has 0 aliphatic heterocycles. The van der Waals surface area contributed by atoms with Gasteiger partial charge in [0.1, 0.15) is 0 Å². The number of hydrogen-bond acceptors (Lipinski definition) is 3. The van der Waals surface area contributed by atoms with Crippen molar-refractivity contribution in [3.63, 3.8) is 0 Å². The predicted molar refractivity (Wildman–Crippen MR) is 84.7 cm³/mol. The number of rotatable bonds is 6. The number of nitrogens with zero attached hydrogens (tertiary/aromatic N) is 1. The summed E-state index contributed by atoms with van der Waals surface area (Å²) >= 11 is 0. The molecule has 1 amide bonds. The summed E-state index contributed by atoms with van der Waals surface area (Å²) in [5, 5.41) is 9.84. The maximum absolute atomic E-state index is 12.5. The molecule has 4 N–H and O–H groups in total. The van der Waals surface area contributed by atoms with E-state index in [2.05, 4.69) is 15.5 Å². The first-order valence-electron chi connectivity index (χ1n) is 7.26. The van der Waals surface area contributed by atoms with Crippen LogP contribution >= 0.6 is 0 Å². The third-order valence-corrected chi connectivity index (χ3v) is 4.16. The van der Waals surface area contributed by atoms with E-state index in [9.17, 15) is 4.79 Å². The van der Waals surface area contributed by atoms with Gasteiger partial charge in [0.25, 0.3) is 0 Å². The highest BCUT2D eigenvalue weighted by molar-refractivity contribution is 5.96. The molecule has 0 aliphatic carbocycles. The van der Waals surface area contributed by atoms with E-state index in [0.717, 1.165) is 29.8 Å². The topological polar surface area (TPSA) is 83.8 Å². The van der Waals surface area contributed by atoms with Gasteiger partial charge in [-0.3, -0.25) is 9.89 Å². The molecule has 21 heavy (non-hydrogen) atoms. The molecule has 0 atom stereocenters. The predicted octanol–water partition coefficient (Wildman–Crippen LogP) is 2.78. The molecule has 0 unspecified atom stereocenters. The van der Waals surface area contributed by atoms with Crippen molar-refractivity contribution >= 4 is 11.6 Å². The molecule has 2 aromatic rings. The SMILES string of the molecule is CCC(CC)(CN)C(=O)Nc1cccc(-c2ccn[nH]2)c1. The van der Waals surface area contributed by atoms with Gasteiger partial charge in [-0.15, -0.1) is 0 Å². The molecule has 0 saturated heterocycles. The molecule has 0 spiro atoms. The number of anilines is 1. The Morgan fingerprint density at radius 2 is 2.10 bits per heavy atom. The second-order valence-electron chi connectivity index (χ2n) is 5.20. The average Bonchev–Trinajstić information content (AvgIpc) is 3.04. The van der Waals surface area contributed by atoms with E-state index in [0.29, 0.717) is 6.54 Å². The van der Waals surface area contributed by atoms with Gasteiger partial charge in [-0.1, -0.05) is 26.0 Å². The summed E-state index contributed by atoms with van der Waals surface area (Å²) in [6.07, 6.45) is 3.16. The van der Waals surface area contributed by atoms with Crippen LogP contribution in [0.1, 0.15) is 26.7 Å². The number of H-pyrrole nitrogens is 1. The van der Waals surface area contributed by atoms with Crippen molar-refractivity contribution in [1.29, 1.82) is 0 Å². The van der Waals surface area contributed by atoms with Gasteiger partial charge in [-0.05, 0) is 31.0 Å². The summed E-state index contributed by atoms with van der Waals surface area (Å²) in [5.41, 5.74) is 7.99. The monoisotopic (exact) mass is 286 g/mol. The number of carbonyl (C=O) groups is 1. The molecule has 5 nitrogen and oxygen atoms in total. The highest BCUT2D eigenvalue weighted by Crippen LogP contribution is 2.28. The normalized spacial score (nSPS) is 11.4. The van der Waals surface area contributed by atoms with E-state index in [1.165, 1.54) is 0 Å². The third kappa shape index (κ3) is 3.13. The second kappa shape index (κ2) is 6.54. The summed E-state index contributed by atoms with van der Waals surface area (Å²) in [7, 11) is 0. The molecule has 112 valence electrons. The molecule has 0 saturated carbocycles. The van der Waals surface area contributed by atoms with E-state index in [-0.39, 0.29) is 5.91 Å². The quantitative estimate of drug-likeness (QED) is 0.763. The minimum atomic E-state index is -0.496. The molecule has 0 bridgehead atoms. The van der Waals surface area contributed by atoms with Crippen LogP contribution in [0.5, 0.6) is 0 Å². The maximum Gasteiger partial charge on any atom is 0.231 e. The van der Waals surface area contributed by atoms with Gasteiger partial charge in [0.2, 0.25) is 5.91 Å². The lowest BCUT2D eigenvalue weighted by Gasteiger charge is -2.28.